The molecule has 3 rings (SSSR count). The maximum Gasteiger partial charge on any atom is 0.326 e. The largest absolute Gasteiger partial charge is 0.490 e. The summed E-state index contributed by atoms with van der Waals surface area (Å²) in [7, 11) is 0. The third-order valence-electron chi connectivity index (χ3n) is 5.27. The molecule has 2 aliphatic rings. The predicted molar refractivity (Wildman–Crippen MR) is 103 cm³/mol. The normalized spacial score (nSPS) is 26.2. The maximum absolute atomic E-state index is 13.0. The highest BCUT2D eigenvalue weighted by atomic mass is 16.6. The van der Waals surface area contributed by atoms with Crippen LogP contribution < -0.4 is 10.1 Å². The second kappa shape index (κ2) is 7.81. The number of carbonyl (C=O) groups is 3. The van der Waals surface area contributed by atoms with Crippen LogP contribution in [0.1, 0.15) is 40.0 Å². The zero-order valence-corrected chi connectivity index (χ0v) is 16.7. The molecular weight excluding hydrogens is 360 g/mol. The van der Waals surface area contributed by atoms with Gasteiger partial charge in [0.15, 0.2) is 0 Å². The number of imide groups is 1. The molecule has 28 heavy (non-hydrogen) atoms. The highest BCUT2D eigenvalue weighted by Crippen LogP contribution is 2.46. The Morgan fingerprint density at radius 2 is 1.89 bits per heavy atom. The van der Waals surface area contributed by atoms with Crippen molar-refractivity contribution in [1.82, 2.24) is 10.2 Å². The predicted octanol–water partition coefficient (Wildman–Crippen LogP) is 2.75. The fourth-order valence-corrected chi connectivity index (χ4v) is 4.66. The van der Waals surface area contributed by atoms with Crippen molar-refractivity contribution in [3.05, 3.63) is 30.3 Å². The highest BCUT2D eigenvalue weighted by Gasteiger charge is 2.56. The molecule has 1 aromatic rings. The second-order valence-corrected chi connectivity index (χ2v) is 8.64. The Labute approximate surface area is 165 Å². The van der Waals surface area contributed by atoms with Gasteiger partial charge in [-0.05, 0) is 42.7 Å². The summed E-state index contributed by atoms with van der Waals surface area (Å²) in [5.74, 6) is 0.0496. The van der Waals surface area contributed by atoms with Gasteiger partial charge in [0.1, 0.15) is 31.0 Å². The lowest BCUT2D eigenvalue weighted by atomic mass is 9.64. The summed E-state index contributed by atoms with van der Waals surface area (Å²) in [5.41, 5.74) is -0.957. The van der Waals surface area contributed by atoms with Crippen molar-refractivity contribution < 1.29 is 23.9 Å². The Balaban J connectivity index is 1.52. The summed E-state index contributed by atoms with van der Waals surface area (Å²) in [6.45, 7) is 6.16. The highest BCUT2D eigenvalue weighted by molar-refractivity contribution is 6.08. The summed E-state index contributed by atoms with van der Waals surface area (Å²) >= 11 is 0. The van der Waals surface area contributed by atoms with E-state index in [1.54, 1.807) is 12.1 Å². The molecule has 0 unspecified atom stereocenters. The van der Waals surface area contributed by atoms with Gasteiger partial charge in [0.05, 0.1) is 0 Å². The minimum atomic E-state index is -0.908. The smallest absolute Gasteiger partial charge is 0.326 e. The summed E-state index contributed by atoms with van der Waals surface area (Å²) in [6.07, 6.45) is 2.17. The molecule has 1 saturated carbocycles. The van der Waals surface area contributed by atoms with Crippen LogP contribution in [-0.2, 0) is 14.3 Å². The first-order valence-electron chi connectivity index (χ1n) is 9.68. The van der Waals surface area contributed by atoms with E-state index in [9.17, 15) is 14.4 Å². The van der Waals surface area contributed by atoms with Crippen molar-refractivity contribution in [3.63, 3.8) is 0 Å². The van der Waals surface area contributed by atoms with E-state index in [2.05, 4.69) is 26.1 Å². The number of carbonyl (C=O) groups excluding carboxylic acids is 3. The minimum absolute atomic E-state index is 0.0482. The van der Waals surface area contributed by atoms with Gasteiger partial charge < -0.3 is 14.8 Å². The van der Waals surface area contributed by atoms with E-state index in [1.165, 1.54) is 0 Å². The lowest BCUT2D eigenvalue weighted by Gasteiger charge is -2.43. The van der Waals surface area contributed by atoms with Gasteiger partial charge in [-0.3, -0.25) is 14.5 Å². The van der Waals surface area contributed by atoms with E-state index in [1.807, 2.05) is 18.2 Å². The Morgan fingerprint density at radius 3 is 2.57 bits per heavy atom. The first kappa shape index (κ1) is 20.2. The van der Waals surface area contributed by atoms with Gasteiger partial charge in [0.2, 0.25) is 0 Å². The van der Waals surface area contributed by atoms with E-state index >= 15 is 0 Å². The van der Waals surface area contributed by atoms with Crippen molar-refractivity contribution in [1.29, 1.82) is 0 Å². The molecular formula is C21H28N2O5. The lowest BCUT2D eigenvalue weighted by molar-refractivity contribution is -0.149. The van der Waals surface area contributed by atoms with Crippen LogP contribution in [0, 0.1) is 11.3 Å². The Hall–Kier alpha value is -2.57. The molecule has 1 saturated heterocycles. The number of ether oxygens (including phenoxy) is 2. The molecule has 2 atom stereocenters. The summed E-state index contributed by atoms with van der Waals surface area (Å²) < 4.78 is 10.6. The third kappa shape index (κ3) is 4.46. The number of benzene rings is 1. The van der Waals surface area contributed by atoms with E-state index in [0.29, 0.717) is 24.5 Å². The molecule has 1 heterocycles. The number of nitrogens with zero attached hydrogens (tertiary/aromatic N) is 1. The van der Waals surface area contributed by atoms with Crippen molar-refractivity contribution in [2.24, 2.45) is 11.3 Å². The Morgan fingerprint density at radius 1 is 1.18 bits per heavy atom. The van der Waals surface area contributed by atoms with E-state index < -0.39 is 17.5 Å². The standard InChI is InChI=1S/C21H28N2O5/c1-15-11-20(2,3)14-21(12-15)18(25)23(19(26)22-21)13-17(24)28-10-9-27-16-7-5-4-6-8-16/h4-8,15H,9-14H2,1-3H3,(H,22,26)/t15-,21+/m0/s1. The molecule has 7 nitrogen and oxygen atoms in total. The average molecular weight is 388 g/mol. The topological polar surface area (TPSA) is 84.9 Å². The average Bonchev–Trinajstić information content (AvgIpc) is 2.81. The minimum Gasteiger partial charge on any atom is -0.490 e. The SMILES string of the molecule is C[C@H]1CC(C)(C)C[C@@]2(C1)NC(=O)N(CC(=O)OCCOc1ccccc1)C2=O. The van der Waals surface area contributed by atoms with Crippen LogP contribution in [0.25, 0.3) is 0 Å². The van der Waals surface area contributed by atoms with E-state index in [4.69, 9.17) is 9.47 Å². The van der Waals surface area contributed by atoms with Crippen LogP contribution in [0.2, 0.25) is 0 Å². The van der Waals surface area contributed by atoms with Crippen LogP contribution in [0.4, 0.5) is 4.79 Å². The number of esters is 1. The van der Waals surface area contributed by atoms with Crippen molar-refractivity contribution in [2.75, 3.05) is 19.8 Å². The second-order valence-electron chi connectivity index (χ2n) is 8.64. The van der Waals surface area contributed by atoms with Crippen LogP contribution in [-0.4, -0.2) is 48.1 Å². The number of urea groups is 1. The van der Waals surface area contributed by atoms with Gasteiger partial charge in [-0.1, -0.05) is 39.0 Å². The number of nitrogens with one attached hydrogen (secondary N) is 1. The monoisotopic (exact) mass is 388 g/mol. The van der Waals surface area contributed by atoms with Gasteiger partial charge in [-0.15, -0.1) is 0 Å². The molecule has 1 aliphatic carbocycles. The number of hydrogen-bond acceptors (Lipinski definition) is 5. The fourth-order valence-electron chi connectivity index (χ4n) is 4.66. The molecule has 1 aliphatic heterocycles. The zero-order chi connectivity index (χ0) is 20.4. The maximum atomic E-state index is 13.0. The summed E-state index contributed by atoms with van der Waals surface area (Å²) in [5, 5.41) is 2.85. The van der Waals surface area contributed by atoms with Crippen molar-refractivity contribution >= 4 is 17.9 Å². The van der Waals surface area contributed by atoms with Gasteiger partial charge in [0, 0.05) is 0 Å². The van der Waals surface area contributed by atoms with Gasteiger partial charge in [0.25, 0.3) is 5.91 Å². The number of para-hydroxylation sites is 1. The van der Waals surface area contributed by atoms with Crippen molar-refractivity contribution in [2.45, 2.75) is 45.6 Å². The molecule has 1 aromatic carbocycles. The molecule has 1 spiro atoms. The lowest BCUT2D eigenvalue weighted by Crippen LogP contribution is -2.54. The zero-order valence-electron chi connectivity index (χ0n) is 16.7. The molecule has 0 radical (unpaired) electrons. The number of amides is 3. The molecule has 0 aromatic heterocycles. The van der Waals surface area contributed by atoms with Gasteiger partial charge in [-0.25, -0.2) is 4.79 Å². The van der Waals surface area contributed by atoms with Crippen molar-refractivity contribution in [3.8, 4) is 5.75 Å². The number of hydrogen-bond donors (Lipinski definition) is 1. The third-order valence-corrected chi connectivity index (χ3v) is 5.27. The van der Waals surface area contributed by atoms with Crippen LogP contribution >= 0.6 is 0 Å². The quantitative estimate of drug-likeness (QED) is 0.460. The molecule has 7 heteroatoms. The molecule has 3 amide bonds. The molecule has 1 N–H and O–H groups in total. The first-order valence-corrected chi connectivity index (χ1v) is 9.68. The van der Waals surface area contributed by atoms with Gasteiger partial charge in [-0.2, -0.15) is 0 Å². The Kier molecular flexibility index (Phi) is 5.63. The van der Waals surface area contributed by atoms with Crippen LogP contribution in [0.3, 0.4) is 0 Å². The fraction of sp³-hybridized carbons (Fsp3) is 0.571. The van der Waals surface area contributed by atoms with E-state index in [-0.39, 0.29) is 31.1 Å². The molecule has 152 valence electrons. The molecule has 2 fully saturated rings. The summed E-state index contributed by atoms with van der Waals surface area (Å²) in [4.78, 5) is 38.5. The van der Waals surface area contributed by atoms with Gasteiger partial charge >= 0.3 is 12.0 Å². The Bertz CT molecular complexity index is 748. The number of rotatable bonds is 6. The summed E-state index contributed by atoms with van der Waals surface area (Å²) in [6, 6.07) is 8.67. The first-order chi connectivity index (χ1) is 13.2. The molecule has 0 bridgehead atoms. The van der Waals surface area contributed by atoms with Crippen LogP contribution in [0.5, 0.6) is 5.75 Å². The van der Waals surface area contributed by atoms with Crippen LogP contribution in [0.15, 0.2) is 30.3 Å². The van der Waals surface area contributed by atoms with E-state index in [0.717, 1.165) is 11.3 Å².